The van der Waals surface area contributed by atoms with Crippen LogP contribution in [-0.4, -0.2) is 56.0 Å². The molecule has 1 fully saturated rings. The van der Waals surface area contributed by atoms with Crippen molar-refractivity contribution in [3.05, 3.63) is 60.2 Å². The Bertz CT molecular complexity index is 1130. The van der Waals surface area contributed by atoms with Gasteiger partial charge in [0.25, 0.3) is 0 Å². The van der Waals surface area contributed by atoms with Gasteiger partial charge in [0.05, 0.1) is 11.4 Å². The zero-order valence-corrected chi connectivity index (χ0v) is 16.5. The molecule has 0 spiro atoms. The number of rotatable bonds is 3. The van der Waals surface area contributed by atoms with E-state index in [0.29, 0.717) is 0 Å². The summed E-state index contributed by atoms with van der Waals surface area (Å²) in [6.07, 6.45) is 3.56. The van der Waals surface area contributed by atoms with Gasteiger partial charge in [-0.3, -0.25) is 4.98 Å². The molecule has 1 aliphatic rings. The largest absolute Gasteiger partial charge is 0.353 e. The zero-order valence-electron chi connectivity index (χ0n) is 16.5. The molecule has 0 N–H and O–H groups in total. The molecule has 1 aliphatic heterocycles. The lowest BCUT2D eigenvalue weighted by Crippen LogP contribution is -2.47. The first-order valence-corrected chi connectivity index (χ1v) is 9.75. The highest BCUT2D eigenvalue weighted by Gasteiger charge is 2.21. The number of aryl methyl sites for hydroxylation is 2. The van der Waals surface area contributed by atoms with Crippen LogP contribution in [0.25, 0.3) is 16.9 Å². The molecule has 5 rings (SSSR count). The third kappa shape index (κ3) is 3.37. The summed E-state index contributed by atoms with van der Waals surface area (Å²) < 4.78 is 1.94. The number of fused-ring (bicyclic) bond motifs is 1. The molecule has 5 heterocycles. The molecule has 29 heavy (non-hydrogen) atoms. The van der Waals surface area contributed by atoms with Crippen LogP contribution in [0, 0.1) is 13.8 Å². The molecule has 8 heteroatoms. The van der Waals surface area contributed by atoms with E-state index in [9.17, 15) is 0 Å². The maximum Gasteiger partial charge on any atom is 0.157 e. The second-order valence-corrected chi connectivity index (χ2v) is 7.30. The van der Waals surface area contributed by atoms with Gasteiger partial charge in [-0.15, -0.1) is 10.2 Å². The number of pyridine rings is 1. The number of anilines is 2. The number of nitrogens with zero attached hydrogens (tertiary/aromatic N) is 8. The van der Waals surface area contributed by atoms with E-state index in [0.717, 1.165) is 66.1 Å². The van der Waals surface area contributed by atoms with E-state index in [1.807, 2.05) is 48.7 Å². The summed E-state index contributed by atoms with van der Waals surface area (Å²) >= 11 is 0. The van der Waals surface area contributed by atoms with E-state index in [2.05, 4.69) is 41.1 Å². The van der Waals surface area contributed by atoms with E-state index in [4.69, 9.17) is 0 Å². The van der Waals surface area contributed by atoms with Crippen molar-refractivity contribution in [2.75, 3.05) is 36.0 Å². The van der Waals surface area contributed by atoms with Crippen LogP contribution >= 0.6 is 0 Å². The number of hydrogen-bond acceptors (Lipinski definition) is 7. The molecule has 4 aromatic heterocycles. The van der Waals surface area contributed by atoms with Crippen molar-refractivity contribution in [2.45, 2.75) is 13.8 Å². The predicted octanol–water partition coefficient (Wildman–Crippen LogP) is 2.52. The van der Waals surface area contributed by atoms with Crippen LogP contribution in [0.1, 0.15) is 11.4 Å². The number of hydrogen-bond donors (Lipinski definition) is 0. The van der Waals surface area contributed by atoms with E-state index in [-0.39, 0.29) is 0 Å². The zero-order chi connectivity index (χ0) is 19.8. The van der Waals surface area contributed by atoms with Gasteiger partial charge < -0.3 is 9.80 Å². The minimum atomic E-state index is 0.837. The first kappa shape index (κ1) is 17.5. The van der Waals surface area contributed by atoms with Crippen molar-refractivity contribution in [3.63, 3.8) is 0 Å². The van der Waals surface area contributed by atoms with Crippen LogP contribution in [0.5, 0.6) is 0 Å². The van der Waals surface area contributed by atoms with Crippen molar-refractivity contribution >= 4 is 17.3 Å². The Morgan fingerprint density at radius 1 is 0.862 bits per heavy atom. The highest BCUT2D eigenvalue weighted by molar-refractivity contribution is 5.59. The van der Waals surface area contributed by atoms with Gasteiger partial charge in [0.2, 0.25) is 0 Å². The van der Waals surface area contributed by atoms with Crippen molar-refractivity contribution in [1.29, 1.82) is 0 Å². The number of piperazine rings is 1. The monoisotopic (exact) mass is 386 g/mol. The molecule has 0 amide bonds. The fourth-order valence-corrected chi connectivity index (χ4v) is 3.75. The van der Waals surface area contributed by atoms with Crippen LogP contribution in [0.4, 0.5) is 11.6 Å². The molecule has 0 aromatic carbocycles. The fourth-order valence-electron chi connectivity index (χ4n) is 3.75. The second-order valence-electron chi connectivity index (χ2n) is 7.30. The first-order chi connectivity index (χ1) is 14.2. The topological polar surface area (TPSA) is 75.3 Å². The lowest BCUT2D eigenvalue weighted by Gasteiger charge is -2.36. The Labute approximate surface area is 168 Å². The van der Waals surface area contributed by atoms with Crippen molar-refractivity contribution in [1.82, 2.24) is 29.8 Å². The summed E-state index contributed by atoms with van der Waals surface area (Å²) in [6.45, 7) is 7.57. The summed E-state index contributed by atoms with van der Waals surface area (Å²) in [6, 6.07) is 12.1. The molecular formula is C21H22N8. The molecule has 146 valence electrons. The van der Waals surface area contributed by atoms with E-state index in [1.54, 1.807) is 12.4 Å². The highest BCUT2D eigenvalue weighted by Crippen LogP contribution is 2.22. The lowest BCUT2D eigenvalue weighted by atomic mass is 10.2. The van der Waals surface area contributed by atoms with Crippen LogP contribution in [0.15, 0.2) is 48.8 Å². The molecule has 0 unspecified atom stereocenters. The van der Waals surface area contributed by atoms with Crippen molar-refractivity contribution in [3.8, 4) is 11.3 Å². The lowest BCUT2D eigenvalue weighted by molar-refractivity contribution is 0.629. The minimum Gasteiger partial charge on any atom is -0.353 e. The fraction of sp³-hybridized carbons (Fsp3) is 0.286. The van der Waals surface area contributed by atoms with Crippen LogP contribution in [0.3, 0.4) is 0 Å². The van der Waals surface area contributed by atoms with Gasteiger partial charge in [-0.2, -0.15) is 9.61 Å². The Morgan fingerprint density at radius 3 is 2.41 bits per heavy atom. The van der Waals surface area contributed by atoms with Gasteiger partial charge in [0.1, 0.15) is 5.82 Å². The Morgan fingerprint density at radius 2 is 1.69 bits per heavy atom. The Kier molecular flexibility index (Phi) is 4.31. The standard InChI is InChI=1S/C21H22N8/c1-15-13-21(29-20(23-15)12-16(2)26-29)28-10-8-27(9-11-28)19-6-5-18(24-25-19)17-4-3-7-22-14-17/h3-7,12-14H,8-11H2,1-2H3. The summed E-state index contributed by atoms with van der Waals surface area (Å²) in [4.78, 5) is 13.4. The summed E-state index contributed by atoms with van der Waals surface area (Å²) in [5, 5.41) is 13.5. The average molecular weight is 386 g/mol. The van der Waals surface area contributed by atoms with Crippen molar-refractivity contribution < 1.29 is 0 Å². The highest BCUT2D eigenvalue weighted by atomic mass is 15.4. The molecule has 0 radical (unpaired) electrons. The van der Waals surface area contributed by atoms with Crippen LogP contribution < -0.4 is 9.80 Å². The van der Waals surface area contributed by atoms with Gasteiger partial charge in [0, 0.05) is 62.0 Å². The van der Waals surface area contributed by atoms with Crippen molar-refractivity contribution in [2.24, 2.45) is 0 Å². The Balaban J connectivity index is 1.32. The van der Waals surface area contributed by atoms with Gasteiger partial charge in [-0.1, -0.05) is 0 Å². The molecule has 0 saturated carbocycles. The SMILES string of the molecule is Cc1cc(N2CCN(c3ccc(-c4cccnc4)nn3)CC2)n2nc(C)cc2n1. The maximum atomic E-state index is 4.62. The van der Waals surface area contributed by atoms with Crippen LogP contribution in [-0.2, 0) is 0 Å². The first-order valence-electron chi connectivity index (χ1n) is 9.75. The Hall–Kier alpha value is -3.55. The average Bonchev–Trinajstić information content (AvgIpc) is 3.14. The van der Waals surface area contributed by atoms with E-state index in [1.165, 1.54) is 0 Å². The minimum absolute atomic E-state index is 0.837. The summed E-state index contributed by atoms with van der Waals surface area (Å²) in [5.74, 6) is 2.00. The normalized spacial score (nSPS) is 14.6. The molecule has 0 atom stereocenters. The summed E-state index contributed by atoms with van der Waals surface area (Å²) in [5.41, 5.74) is 4.70. The van der Waals surface area contributed by atoms with Crippen LogP contribution in [0.2, 0.25) is 0 Å². The third-order valence-electron chi connectivity index (χ3n) is 5.19. The summed E-state index contributed by atoms with van der Waals surface area (Å²) in [7, 11) is 0. The third-order valence-corrected chi connectivity index (χ3v) is 5.19. The second kappa shape index (κ2) is 7.12. The quantitative estimate of drug-likeness (QED) is 0.535. The molecule has 1 saturated heterocycles. The van der Waals surface area contributed by atoms with E-state index < -0.39 is 0 Å². The maximum absolute atomic E-state index is 4.62. The van der Waals surface area contributed by atoms with Gasteiger partial charge >= 0.3 is 0 Å². The smallest absolute Gasteiger partial charge is 0.157 e. The molecule has 8 nitrogen and oxygen atoms in total. The molecular weight excluding hydrogens is 364 g/mol. The predicted molar refractivity (Wildman–Crippen MR) is 112 cm³/mol. The number of aromatic nitrogens is 6. The van der Waals surface area contributed by atoms with Gasteiger partial charge in [0.15, 0.2) is 11.5 Å². The van der Waals surface area contributed by atoms with Gasteiger partial charge in [-0.05, 0) is 38.1 Å². The van der Waals surface area contributed by atoms with Gasteiger partial charge in [-0.25, -0.2) is 4.98 Å². The molecule has 0 bridgehead atoms. The molecule has 0 aliphatic carbocycles. The van der Waals surface area contributed by atoms with E-state index >= 15 is 0 Å². The molecule has 4 aromatic rings.